The molecule has 0 saturated carbocycles. The van der Waals surface area contributed by atoms with Crippen LogP contribution in [0.1, 0.15) is 34.1 Å². The molecule has 0 radical (unpaired) electrons. The van der Waals surface area contributed by atoms with E-state index in [9.17, 15) is 0 Å². The predicted molar refractivity (Wildman–Crippen MR) is 80.6 cm³/mol. The van der Waals surface area contributed by atoms with Crippen LogP contribution in [0.15, 0.2) is 0 Å². The van der Waals surface area contributed by atoms with E-state index in [0.717, 1.165) is 6.42 Å². The Morgan fingerprint density at radius 2 is 1.39 bits per heavy atom. The first-order chi connectivity index (χ1) is 8.00. The van der Waals surface area contributed by atoms with E-state index < -0.39 is 21.4 Å². The van der Waals surface area contributed by atoms with Crippen molar-refractivity contribution in [2.24, 2.45) is 0 Å². The van der Waals surface area contributed by atoms with E-state index in [1.54, 1.807) is 0 Å². The Balaban J connectivity index is 2.93. The molecule has 1 fully saturated rings. The van der Waals surface area contributed by atoms with Gasteiger partial charge in [0, 0.05) is 6.42 Å². The number of hydrogen-bond donors (Lipinski definition) is 0. The Bertz CT molecular complexity index is 278. The van der Waals surface area contributed by atoms with Crippen molar-refractivity contribution in [3.63, 3.8) is 0 Å². The molecule has 0 amide bonds. The minimum Gasteiger partial charge on any atom is -0.372 e. The maximum atomic E-state index is 6.45. The Labute approximate surface area is 114 Å². The summed E-state index contributed by atoms with van der Waals surface area (Å²) in [5, 5.41) is 0. The van der Waals surface area contributed by atoms with Crippen molar-refractivity contribution in [3.05, 3.63) is 0 Å². The summed E-state index contributed by atoms with van der Waals surface area (Å²) < 4.78 is 18.5. The summed E-state index contributed by atoms with van der Waals surface area (Å²) in [5.74, 6) is -0.791. The van der Waals surface area contributed by atoms with Gasteiger partial charge >= 0.3 is 0 Å². The zero-order valence-corrected chi connectivity index (χ0v) is 15.3. The van der Waals surface area contributed by atoms with Crippen LogP contribution < -0.4 is 0 Å². The fourth-order valence-corrected chi connectivity index (χ4v) is 8.52. The van der Waals surface area contributed by atoms with Crippen LogP contribution in [0.5, 0.6) is 0 Å². The summed E-state index contributed by atoms with van der Waals surface area (Å²) in [6, 6.07) is 1.23. The molecule has 1 saturated heterocycles. The summed E-state index contributed by atoms with van der Waals surface area (Å²) >= 11 is 0. The minimum absolute atomic E-state index is 0.122. The van der Waals surface area contributed by atoms with Gasteiger partial charge in [0.25, 0.3) is 5.97 Å². The van der Waals surface area contributed by atoms with Gasteiger partial charge in [-0.1, -0.05) is 13.1 Å². The third-order valence-corrected chi connectivity index (χ3v) is 20.3. The summed E-state index contributed by atoms with van der Waals surface area (Å²) in [6.45, 7) is 17.7. The predicted octanol–water partition coefficient (Wildman–Crippen LogP) is 3.90. The first-order valence-electron chi connectivity index (χ1n) is 7.05. The zero-order valence-electron chi connectivity index (χ0n) is 13.3. The van der Waals surface area contributed by atoms with Crippen LogP contribution in [0.2, 0.25) is 32.2 Å². The van der Waals surface area contributed by atoms with Gasteiger partial charge in [0.1, 0.15) is 0 Å². The second-order valence-corrected chi connectivity index (χ2v) is 22.2. The van der Waals surface area contributed by atoms with Gasteiger partial charge in [-0.15, -0.1) is 0 Å². The molecule has 0 aromatic carbocycles. The van der Waals surface area contributed by atoms with Gasteiger partial charge in [-0.2, -0.15) is 0 Å². The van der Waals surface area contributed by atoms with Gasteiger partial charge < -0.3 is 13.9 Å². The Hall–Kier alpha value is 0.314. The molecule has 0 N–H and O–H groups in total. The van der Waals surface area contributed by atoms with Crippen LogP contribution >= 0.6 is 0 Å². The molecule has 0 atom stereocenters. The van der Waals surface area contributed by atoms with Crippen molar-refractivity contribution >= 4 is 15.4 Å². The topological polar surface area (TPSA) is 27.7 Å². The molecular weight excluding hydrogens is 260 g/mol. The van der Waals surface area contributed by atoms with Gasteiger partial charge in [0.2, 0.25) is 0 Å². The molecule has 0 aromatic rings. The maximum Gasteiger partial charge on any atom is 0.273 e. The molecule has 3 nitrogen and oxygen atoms in total. The van der Waals surface area contributed by atoms with E-state index in [-0.39, 0.29) is 12.2 Å². The van der Waals surface area contributed by atoms with E-state index in [0.29, 0.717) is 0 Å². The Kier molecular flexibility index (Phi) is 4.88. The van der Waals surface area contributed by atoms with Gasteiger partial charge in [-0.3, -0.25) is 0 Å². The lowest BCUT2D eigenvalue weighted by Crippen LogP contribution is -2.67. The van der Waals surface area contributed by atoms with Gasteiger partial charge in [-0.25, -0.2) is 0 Å². The number of rotatable bonds is 4. The molecule has 1 rings (SSSR count). The van der Waals surface area contributed by atoms with E-state index in [1.807, 2.05) is 27.7 Å². The number of ether oxygens (including phenoxy) is 2. The fraction of sp³-hybridized carbons (Fsp3) is 1.00. The highest BCUT2D eigenvalue weighted by molar-refractivity contribution is 7.38. The van der Waals surface area contributed by atoms with E-state index in [4.69, 9.17) is 13.9 Å². The van der Waals surface area contributed by atoms with Crippen molar-refractivity contribution in [2.75, 3.05) is 0 Å². The molecule has 0 spiro atoms. The van der Waals surface area contributed by atoms with Crippen molar-refractivity contribution in [1.82, 2.24) is 0 Å². The second-order valence-electron chi connectivity index (χ2n) is 7.01. The first-order valence-corrected chi connectivity index (χ1v) is 14.2. The summed E-state index contributed by atoms with van der Waals surface area (Å²) in [5.41, 5.74) is 0. The molecule has 0 aromatic heterocycles. The lowest BCUT2D eigenvalue weighted by Gasteiger charge is -2.51. The molecule has 1 aliphatic rings. The van der Waals surface area contributed by atoms with Crippen LogP contribution in [0.4, 0.5) is 0 Å². The fourth-order valence-electron chi connectivity index (χ4n) is 2.26. The van der Waals surface area contributed by atoms with Crippen LogP contribution in [0, 0.1) is 0 Å². The molecule has 0 aliphatic carbocycles. The van der Waals surface area contributed by atoms with E-state index >= 15 is 0 Å². The molecule has 18 heavy (non-hydrogen) atoms. The highest BCUT2D eigenvalue weighted by atomic mass is 29.3. The average molecular weight is 291 g/mol. The minimum atomic E-state index is -1.70. The standard InChI is InChI=1S/C13H30O3Si2/c1-11(2)14-13(15-12(3)4)9-10-17(5,6)18(7,8)16-13/h11-12H,9-10H2,1-8H3. The zero-order chi connectivity index (χ0) is 14.2. The lowest BCUT2D eigenvalue weighted by atomic mass is 10.3. The summed E-state index contributed by atoms with van der Waals surface area (Å²) in [4.78, 5) is 0. The molecular formula is C13H30O3Si2. The summed E-state index contributed by atoms with van der Waals surface area (Å²) in [6.07, 6.45) is 1.12. The van der Waals surface area contributed by atoms with E-state index in [2.05, 4.69) is 26.2 Å². The highest BCUT2D eigenvalue weighted by Crippen LogP contribution is 2.41. The van der Waals surface area contributed by atoms with Crippen LogP contribution in [0.3, 0.4) is 0 Å². The second kappa shape index (κ2) is 5.36. The van der Waals surface area contributed by atoms with Crippen LogP contribution in [-0.4, -0.2) is 33.6 Å². The monoisotopic (exact) mass is 290 g/mol. The quantitative estimate of drug-likeness (QED) is 0.580. The van der Waals surface area contributed by atoms with Crippen molar-refractivity contribution < 1.29 is 13.9 Å². The van der Waals surface area contributed by atoms with Gasteiger partial charge in [0.05, 0.1) is 19.8 Å². The van der Waals surface area contributed by atoms with Crippen LogP contribution in [0.25, 0.3) is 0 Å². The van der Waals surface area contributed by atoms with Crippen molar-refractivity contribution in [1.29, 1.82) is 0 Å². The molecule has 0 bridgehead atoms. The lowest BCUT2D eigenvalue weighted by molar-refractivity contribution is -0.372. The third kappa shape index (κ3) is 3.66. The molecule has 5 heteroatoms. The van der Waals surface area contributed by atoms with Crippen molar-refractivity contribution in [3.8, 4) is 0 Å². The maximum absolute atomic E-state index is 6.45. The Morgan fingerprint density at radius 1 is 0.944 bits per heavy atom. The molecule has 1 aliphatic heterocycles. The molecule has 0 unspecified atom stereocenters. The summed E-state index contributed by atoms with van der Waals surface area (Å²) in [7, 11) is -2.95. The average Bonchev–Trinajstić information content (AvgIpc) is 2.09. The Morgan fingerprint density at radius 3 is 1.72 bits per heavy atom. The van der Waals surface area contributed by atoms with Gasteiger partial charge in [0.15, 0.2) is 7.83 Å². The SMILES string of the molecule is CC(C)OC1(OC(C)C)CC[Si](C)(C)[Si](C)(C)O1. The molecule has 1 heterocycles. The highest BCUT2D eigenvalue weighted by Gasteiger charge is 2.55. The smallest absolute Gasteiger partial charge is 0.273 e. The first kappa shape index (κ1) is 16.4. The number of hydrogen-bond acceptors (Lipinski definition) is 3. The van der Waals surface area contributed by atoms with E-state index in [1.165, 1.54) is 6.04 Å². The largest absolute Gasteiger partial charge is 0.372 e. The van der Waals surface area contributed by atoms with Crippen LogP contribution in [-0.2, 0) is 13.9 Å². The van der Waals surface area contributed by atoms with Gasteiger partial charge in [-0.05, 0) is 46.8 Å². The molecule has 108 valence electrons. The third-order valence-electron chi connectivity index (χ3n) is 3.93. The van der Waals surface area contributed by atoms with Crippen molar-refractivity contribution in [2.45, 2.75) is 84.5 Å². The normalized spacial score (nSPS) is 25.7.